The molecule has 0 bridgehead atoms. The van der Waals surface area contributed by atoms with Crippen LogP contribution < -0.4 is 0 Å². The standard InChI is InChI=1S/C13H12N2O3/c1-10(16)9-18-13(17)11-7-14-15(8-11)12-5-3-2-4-6-12/h2-8H,9H2,1H3. The van der Waals surface area contributed by atoms with E-state index in [-0.39, 0.29) is 12.4 Å². The molecule has 5 heteroatoms. The SMILES string of the molecule is CC(=O)COC(=O)c1cnn(-c2ccccc2)c1. The van der Waals surface area contributed by atoms with Crippen molar-refractivity contribution in [3.63, 3.8) is 0 Å². The first-order valence-corrected chi connectivity index (χ1v) is 5.43. The fourth-order valence-corrected chi connectivity index (χ4v) is 1.40. The molecule has 18 heavy (non-hydrogen) atoms. The van der Waals surface area contributed by atoms with Crippen molar-refractivity contribution in [2.45, 2.75) is 6.92 Å². The van der Waals surface area contributed by atoms with E-state index in [1.54, 1.807) is 10.9 Å². The van der Waals surface area contributed by atoms with Crippen LogP contribution >= 0.6 is 0 Å². The molecule has 2 rings (SSSR count). The first-order chi connectivity index (χ1) is 8.66. The van der Waals surface area contributed by atoms with Crippen LogP contribution in [0.5, 0.6) is 0 Å². The minimum absolute atomic E-state index is 0.196. The third-order valence-corrected chi connectivity index (χ3v) is 2.25. The second-order valence-corrected chi connectivity index (χ2v) is 3.79. The smallest absolute Gasteiger partial charge is 0.341 e. The highest BCUT2D eigenvalue weighted by Gasteiger charge is 2.11. The highest BCUT2D eigenvalue weighted by atomic mass is 16.5. The first-order valence-electron chi connectivity index (χ1n) is 5.43. The van der Waals surface area contributed by atoms with E-state index in [2.05, 4.69) is 5.10 Å². The Labute approximate surface area is 104 Å². The van der Waals surface area contributed by atoms with Gasteiger partial charge in [0.25, 0.3) is 0 Å². The van der Waals surface area contributed by atoms with E-state index in [0.29, 0.717) is 5.56 Å². The lowest BCUT2D eigenvalue weighted by atomic mass is 10.3. The van der Waals surface area contributed by atoms with Gasteiger partial charge < -0.3 is 4.74 Å². The van der Waals surface area contributed by atoms with Crippen LogP contribution in [0.2, 0.25) is 0 Å². The summed E-state index contributed by atoms with van der Waals surface area (Å²) in [5.41, 5.74) is 1.17. The number of carbonyl (C=O) groups is 2. The Morgan fingerprint density at radius 1 is 1.28 bits per heavy atom. The lowest BCUT2D eigenvalue weighted by Gasteiger charge is -2.00. The molecule has 5 nitrogen and oxygen atoms in total. The molecule has 0 fully saturated rings. The number of ether oxygens (including phenoxy) is 1. The van der Waals surface area contributed by atoms with Crippen LogP contribution in [0.3, 0.4) is 0 Å². The number of para-hydroxylation sites is 1. The largest absolute Gasteiger partial charge is 0.454 e. The number of carbonyl (C=O) groups excluding carboxylic acids is 2. The zero-order valence-corrected chi connectivity index (χ0v) is 9.87. The Morgan fingerprint density at radius 2 is 2.00 bits per heavy atom. The highest BCUT2D eigenvalue weighted by molar-refractivity contribution is 5.90. The Balaban J connectivity index is 2.11. The Hall–Kier alpha value is -2.43. The highest BCUT2D eigenvalue weighted by Crippen LogP contribution is 2.08. The van der Waals surface area contributed by atoms with Gasteiger partial charge in [-0.05, 0) is 19.1 Å². The molecule has 0 spiro atoms. The van der Waals surface area contributed by atoms with Crippen molar-refractivity contribution in [1.82, 2.24) is 9.78 Å². The molecule has 2 aromatic rings. The van der Waals surface area contributed by atoms with Crippen molar-refractivity contribution in [2.24, 2.45) is 0 Å². The summed E-state index contributed by atoms with van der Waals surface area (Å²) in [6.07, 6.45) is 2.98. The molecule has 0 N–H and O–H groups in total. The average molecular weight is 244 g/mol. The van der Waals surface area contributed by atoms with Gasteiger partial charge in [-0.15, -0.1) is 0 Å². The van der Waals surface area contributed by atoms with Crippen molar-refractivity contribution in [3.05, 3.63) is 48.3 Å². The van der Waals surface area contributed by atoms with Crippen molar-refractivity contribution >= 4 is 11.8 Å². The lowest BCUT2D eigenvalue weighted by Crippen LogP contribution is -2.10. The normalized spacial score (nSPS) is 10.1. The van der Waals surface area contributed by atoms with Gasteiger partial charge in [0.15, 0.2) is 5.78 Å². The number of hydrogen-bond donors (Lipinski definition) is 0. The summed E-state index contributed by atoms with van der Waals surface area (Å²) >= 11 is 0. The number of benzene rings is 1. The summed E-state index contributed by atoms with van der Waals surface area (Å²) in [5, 5.41) is 4.07. The van der Waals surface area contributed by atoms with E-state index in [0.717, 1.165) is 5.69 Å². The van der Waals surface area contributed by atoms with Gasteiger partial charge >= 0.3 is 5.97 Å². The summed E-state index contributed by atoms with van der Waals surface area (Å²) in [6.45, 7) is 1.15. The maximum atomic E-state index is 11.6. The van der Waals surface area contributed by atoms with E-state index in [1.165, 1.54) is 13.1 Å². The molecule has 0 aliphatic heterocycles. The van der Waals surface area contributed by atoms with Crippen molar-refractivity contribution in [3.8, 4) is 5.69 Å². The second-order valence-electron chi connectivity index (χ2n) is 3.79. The van der Waals surface area contributed by atoms with Gasteiger partial charge in [0, 0.05) is 6.20 Å². The van der Waals surface area contributed by atoms with Crippen LogP contribution in [0.15, 0.2) is 42.7 Å². The van der Waals surface area contributed by atoms with Crippen molar-refractivity contribution in [1.29, 1.82) is 0 Å². The maximum Gasteiger partial charge on any atom is 0.341 e. The molecular formula is C13H12N2O3. The van der Waals surface area contributed by atoms with Gasteiger partial charge in [-0.2, -0.15) is 5.10 Å². The van der Waals surface area contributed by atoms with Crippen LogP contribution in [0, 0.1) is 0 Å². The summed E-state index contributed by atoms with van der Waals surface area (Å²) in [5.74, 6) is -0.744. The van der Waals surface area contributed by atoms with E-state index in [9.17, 15) is 9.59 Å². The van der Waals surface area contributed by atoms with E-state index >= 15 is 0 Å². The fraction of sp³-hybridized carbons (Fsp3) is 0.154. The average Bonchev–Trinajstić information content (AvgIpc) is 2.86. The van der Waals surface area contributed by atoms with Crippen LogP contribution in [-0.2, 0) is 9.53 Å². The predicted molar refractivity (Wildman–Crippen MR) is 64.5 cm³/mol. The van der Waals surface area contributed by atoms with Crippen molar-refractivity contribution in [2.75, 3.05) is 6.61 Å². The molecule has 1 heterocycles. The molecule has 0 aliphatic carbocycles. The van der Waals surface area contributed by atoms with Crippen molar-refractivity contribution < 1.29 is 14.3 Å². The van der Waals surface area contributed by atoms with Gasteiger partial charge in [-0.25, -0.2) is 9.48 Å². The van der Waals surface area contributed by atoms with Gasteiger partial charge in [0.2, 0.25) is 0 Å². The third kappa shape index (κ3) is 2.82. The molecule has 1 aromatic heterocycles. The zero-order chi connectivity index (χ0) is 13.0. The van der Waals surface area contributed by atoms with Gasteiger partial charge in [0.05, 0.1) is 17.4 Å². The molecule has 0 unspecified atom stereocenters. The molecule has 0 aliphatic rings. The summed E-state index contributed by atoms with van der Waals surface area (Å²) in [6, 6.07) is 9.40. The minimum Gasteiger partial charge on any atom is -0.454 e. The van der Waals surface area contributed by atoms with Gasteiger partial charge in [0.1, 0.15) is 6.61 Å². The summed E-state index contributed by atoms with van der Waals surface area (Å²) in [4.78, 5) is 22.3. The maximum absolute atomic E-state index is 11.6. The Kier molecular flexibility index (Phi) is 3.52. The predicted octanol–water partition coefficient (Wildman–Crippen LogP) is 1.62. The van der Waals surface area contributed by atoms with Gasteiger partial charge in [-0.3, -0.25) is 4.79 Å². The Morgan fingerprint density at radius 3 is 2.67 bits per heavy atom. The van der Waals surface area contributed by atoms with E-state index in [1.807, 2.05) is 30.3 Å². The molecule has 0 amide bonds. The molecule has 92 valence electrons. The molecule has 0 saturated heterocycles. The number of aromatic nitrogens is 2. The molecule has 1 aromatic carbocycles. The number of esters is 1. The molecule has 0 atom stereocenters. The summed E-state index contributed by atoms with van der Waals surface area (Å²) < 4.78 is 6.37. The van der Waals surface area contributed by atoms with Gasteiger partial charge in [-0.1, -0.05) is 18.2 Å². The van der Waals surface area contributed by atoms with E-state index < -0.39 is 5.97 Å². The minimum atomic E-state index is -0.549. The topological polar surface area (TPSA) is 61.2 Å². The number of rotatable bonds is 4. The molecule has 0 saturated carbocycles. The fourth-order valence-electron chi connectivity index (χ4n) is 1.40. The number of Topliss-reactive ketones (excluding diaryl/α,β-unsaturated/α-hetero) is 1. The van der Waals surface area contributed by atoms with Crippen LogP contribution in [0.1, 0.15) is 17.3 Å². The van der Waals surface area contributed by atoms with E-state index in [4.69, 9.17) is 4.74 Å². The quantitative estimate of drug-likeness (QED) is 0.767. The molecule has 0 radical (unpaired) electrons. The lowest BCUT2D eigenvalue weighted by molar-refractivity contribution is -0.120. The number of hydrogen-bond acceptors (Lipinski definition) is 4. The molecular weight excluding hydrogens is 232 g/mol. The second kappa shape index (κ2) is 5.27. The van der Waals surface area contributed by atoms with Crippen LogP contribution in [0.4, 0.5) is 0 Å². The zero-order valence-electron chi connectivity index (χ0n) is 9.87. The Bertz CT molecular complexity index is 561. The van der Waals surface area contributed by atoms with Crippen LogP contribution in [0.25, 0.3) is 5.69 Å². The third-order valence-electron chi connectivity index (χ3n) is 2.25. The van der Waals surface area contributed by atoms with Crippen LogP contribution in [-0.4, -0.2) is 28.1 Å². The first kappa shape index (κ1) is 12.0. The monoisotopic (exact) mass is 244 g/mol. The summed E-state index contributed by atoms with van der Waals surface area (Å²) in [7, 11) is 0. The number of ketones is 1. The number of nitrogens with zero attached hydrogens (tertiary/aromatic N) is 2.